The first-order valence-corrected chi connectivity index (χ1v) is 15.4. The number of para-hydroxylation sites is 1. The van der Waals surface area contributed by atoms with Crippen LogP contribution in [-0.4, -0.2) is 41.2 Å². The predicted molar refractivity (Wildman–Crippen MR) is 174 cm³/mol. The van der Waals surface area contributed by atoms with Gasteiger partial charge in [-0.15, -0.1) is 11.8 Å². The van der Waals surface area contributed by atoms with E-state index < -0.39 is 0 Å². The lowest BCUT2D eigenvalue weighted by molar-refractivity contribution is -0.130. The molecule has 0 spiro atoms. The Morgan fingerprint density at radius 2 is 1.60 bits per heavy atom. The van der Waals surface area contributed by atoms with Crippen molar-refractivity contribution in [3.8, 4) is 11.5 Å². The zero-order valence-electron chi connectivity index (χ0n) is 24.9. The summed E-state index contributed by atoms with van der Waals surface area (Å²) in [7, 11) is 3.31. The molecule has 0 bridgehead atoms. The number of aryl methyl sites for hydroxylation is 2. The van der Waals surface area contributed by atoms with E-state index in [0.29, 0.717) is 6.42 Å². The molecule has 6 rings (SSSR count). The van der Waals surface area contributed by atoms with Gasteiger partial charge in [0, 0.05) is 35.0 Å². The summed E-state index contributed by atoms with van der Waals surface area (Å²) < 4.78 is 13.0. The van der Waals surface area contributed by atoms with E-state index in [1.165, 1.54) is 16.7 Å². The van der Waals surface area contributed by atoms with Gasteiger partial charge in [0.2, 0.25) is 0 Å². The van der Waals surface area contributed by atoms with E-state index in [9.17, 15) is 4.79 Å². The highest BCUT2D eigenvalue weighted by Gasteiger charge is 2.33. The molecule has 2 heterocycles. The highest BCUT2D eigenvalue weighted by molar-refractivity contribution is 8.00. The summed E-state index contributed by atoms with van der Waals surface area (Å²) in [5, 5.41) is 7.70. The Kier molecular flexibility index (Phi) is 8.25. The van der Waals surface area contributed by atoms with Crippen LogP contribution >= 0.6 is 11.8 Å². The van der Waals surface area contributed by atoms with Gasteiger partial charge in [0.15, 0.2) is 0 Å². The molecule has 0 N–H and O–H groups in total. The number of rotatable bonds is 9. The lowest BCUT2D eigenvalue weighted by Gasteiger charge is -2.22. The van der Waals surface area contributed by atoms with Crippen molar-refractivity contribution in [1.29, 1.82) is 0 Å². The summed E-state index contributed by atoms with van der Waals surface area (Å²) in [6.45, 7) is 5.07. The first kappa shape index (κ1) is 28.6. The summed E-state index contributed by atoms with van der Waals surface area (Å²) in [5.41, 5.74) is 7.88. The van der Waals surface area contributed by atoms with Gasteiger partial charge in [-0.3, -0.25) is 4.79 Å². The van der Waals surface area contributed by atoms with Crippen molar-refractivity contribution < 1.29 is 14.3 Å². The fourth-order valence-electron chi connectivity index (χ4n) is 5.60. The Morgan fingerprint density at radius 3 is 2.33 bits per heavy atom. The molecule has 7 heteroatoms. The van der Waals surface area contributed by atoms with Crippen molar-refractivity contribution in [1.82, 2.24) is 9.58 Å². The quantitative estimate of drug-likeness (QED) is 0.165. The van der Waals surface area contributed by atoms with Crippen LogP contribution in [0.25, 0.3) is 10.9 Å². The second-order valence-electron chi connectivity index (χ2n) is 10.9. The first-order valence-electron chi connectivity index (χ1n) is 14.4. The second-order valence-corrected chi connectivity index (χ2v) is 11.9. The molecule has 1 aromatic heterocycles. The maximum absolute atomic E-state index is 13.9. The molecule has 1 aliphatic heterocycles. The van der Waals surface area contributed by atoms with E-state index in [1.54, 1.807) is 31.0 Å². The fourth-order valence-corrected chi connectivity index (χ4v) is 6.54. The van der Waals surface area contributed by atoms with Gasteiger partial charge in [0.1, 0.15) is 11.5 Å². The summed E-state index contributed by atoms with van der Waals surface area (Å²) in [6, 6.07) is 30.6. The molecule has 0 radical (unpaired) electrons. The van der Waals surface area contributed by atoms with E-state index in [-0.39, 0.29) is 17.7 Å². The minimum absolute atomic E-state index is 0.0271. The van der Waals surface area contributed by atoms with Gasteiger partial charge < -0.3 is 14.0 Å². The number of benzene rings is 4. The maximum Gasteiger partial charge on any atom is 0.253 e. The van der Waals surface area contributed by atoms with Crippen LogP contribution in [0.2, 0.25) is 0 Å². The Labute approximate surface area is 256 Å². The molecule has 5 aromatic rings. The van der Waals surface area contributed by atoms with E-state index in [0.717, 1.165) is 50.7 Å². The van der Waals surface area contributed by atoms with Gasteiger partial charge in [-0.25, -0.2) is 5.01 Å². The number of nitrogens with zero attached hydrogens (tertiary/aromatic N) is 3. The highest BCUT2D eigenvalue weighted by Crippen LogP contribution is 2.36. The zero-order chi connectivity index (χ0) is 29.9. The average Bonchev–Trinajstić information content (AvgIpc) is 3.64. The third-order valence-corrected chi connectivity index (χ3v) is 9.07. The van der Waals surface area contributed by atoms with Crippen LogP contribution in [0, 0.1) is 13.8 Å². The Balaban J connectivity index is 1.26. The van der Waals surface area contributed by atoms with Gasteiger partial charge in [-0.2, -0.15) is 5.10 Å². The molecule has 1 atom stereocenters. The molecule has 43 heavy (non-hydrogen) atoms. The zero-order valence-corrected chi connectivity index (χ0v) is 25.7. The van der Waals surface area contributed by atoms with Gasteiger partial charge in [0.05, 0.1) is 31.7 Å². The normalized spacial score (nSPS) is 14.7. The van der Waals surface area contributed by atoms with Crippen LogP contribution in [0.15, 0.2) is 107 Å². The monoisotopic (exact) mass is 589 g/mol. The smallest absolute Gasteiger partial charge is 0.253 e. The Bertz CT molecular complexity index is 1790. The molecule has 0 saturated carbocycles. The Hall–Kier alpha value is -4.49. The van der Waals surface area contributed by atoms with Gasteiger partial charge >= 0.3 is 0 Å². The lowest BCUT2D eigenvalue weighted by Crippen LogP contribution is -2.28. The van der Waals surface area contributed by atoms with Crippen LogP contribution in [-0.2, 0) is 11.3 Å². The minimum atomic E-state index is -0.193. The number of thioether (sulfide) groups is 1. The number of carbonyl (C=O) groups is 1. The number of carbonyl (C=O) groups excluding carboxylic acids is 1. The number of ether oxygens (including phenoxy) is 2. The summed E-state index contributed by atoms with van der Waals surface area (Å²) >= 11 is 1.57. The van der Waals surface area contributed by atoms with E-state index in [1.807, 2.05) is 48.5 Å². The van der Waals surface area contributed by atoms with Crippen molar-refractivity contribution in [2.45, 2.75) is 37.8 Å². The minimum Gasteiger partial charge on any atom is -0.497 e. The molecule has 218 valence electrons. The van der Waals surface area contributed by atoms with Crippen molar-refractivity contribution in [3.05, 3.63) is 125 Å². The number of hydrogen-bond donors (Lipinski definition) is 0. The van der Waals surface area contributed by atoms with Crippen molar-refractivity contribution >= 4 is 34.3 Å². The Morgan fingerprint density at radius 1 is 0.907 bits per heavy atom. The number of methoxy groups -OCH3 is 2. The van der Waals surface area contributed by atoms with Crippen molar-refractivity contribution in [2.75, 3.05) is 20.0 Å². The number of hydrazone groups is 1. The SMILES string of the molecule is COc1ccc(C2=NN(C(=O)CSc3cn(Cc4cc(C)ccc4C)c4ccccc34)[C@@H](c3ccc(OC)cc3)C2)cc1. The maximum atomic E-state index is 13.9. The summed E-state index contributed by atoms with van der Waals surface area (Å²) in [4.78, 5) is 15.0. The molecule has 4 aromatic carbocycles. The molecule has 0 fully saturated rings. The lowest BCUT2D eigenvalue weighted by atomic mass is 9.98. The fraction of sp³-hybridized carbons (Fsp3) is 0.222. The van der Waals surface area contributed by atoms with Crippen LogP contribution in [0.3, 0.4) is 0 Å². The third-order valence-electron chi connectivity index (χ3n) is 8.04. The van der Waals surface area contributed by atoms with Crippen molar-refractivity contribution in [3.63, 3.8) is 0 Å². The summed E-state index contributed by atoms with van der Waals surface area (Å²) in [5.74, 6) is 1.82. The van der Waals surface area contributed by atoms with E-state index >= 15 is 0 Å². The number of hydrogen-bond acceptors (Lipinski definition) is 5. The van der Waals surface area contributed by atoms with Gasteiger partial charge in [0.25, 0.3) is 5.91 Å². The predicted octanol–water partition coefficient (Wildman–Crippen LogP) is 7.79. The topological polar surface area (TPSA) is 56.1 Å². The van der Waals surface area contributed by atoms with Crippen LogP contribution in [0.5, 0.6) is 11.5 Å². The molecular weight excluding hydrogens is 554 g/mol. The molecule has 0 saturated heterocycles. The second kappa shape index (κ2) is 12.4. The van der Waals surface area contributed by atoms with Crippen LogP contribution in [0.4, 0.5) is 0 Å². The third kappa shape index (κ3) is 6.04. The standard InChI is InChI=1S/C36H35N3O3S/c1-24-9-10-25(2)28(19-24)21-38-22-35(31-7-5-6-8-33(31)38)43-23-36(40)39-34(27-13-17-30(42-4)18-14-27)20-32(37-39)26-11-15-29(41-3)16-12-26/h5-19,22,34H,20-21,23H2,1-4H3/t34-/m1/s1. The van der Waals surface area contributed by atoms with Crippen LogP contribution < -0.4 is 9.47 Å². The number of amides is 1. The van der Waals surface area contributed by atoms with Crippen molar-refractivity contribution in [2.24, 2.45) is 5.10 Å². The van der Waals surface area contributed by atoms with E-state index in [2.05, 4.69) is 67.1 Å². The molecule has 1 amide bonds. The molecule has 6 nitrogen and oxygen atoms in total. The molecule has 0 unspecified atom stereocenters. The molecular formula is C36H35N3O3S. The molecule has 0 aliphatic carbocycles. The first-order chi connectivity index (χ1) is 20.9. The highest BCUT2D eigenvalue weighted by atomic mass is 32.2. The van der Waals surface area contributed by atoms with Gasteiger partial charge in [-0.05, 0) is 78.6 Å². The van der Waals surface area contributed by atoms with E-state index in [4.69, 9.17) is 14.6 Å². The summed E-state index contributed by atoms with van der Waals surface area (Å²) in [6.07, 6.45) is 2.81. The number of fused-ring (bicyclic) bond motifs is 1. The largest absolute Gasteiger partial charge is 0.497 e. The average molecular weight is 590 g/mol. The molecule has 1 aliphatic rings. The van der Waals surface area contributed by atoms with Crippen LogP contribution in [0.1, 0.15) is 40.3 Å². The number of aromatic nitrogens is 1. The van der Waals surface area contributed by atoms with Gasteiger partial charge in [-0.1, -0.05) is 54.1 Å².